The molecule has 0 atom stereocenters. The molecule has 0 aromatic heterocycles. The lowest BCUT2D eigenvalue weighted by Crippen LogP contribution is -2.42. The summed E-state index contributed by atoms with van der Waals surface area (Å²) in [7, 11) is -3.66. The lowest BCUT2D eigenvalue weighted by molar-refractivity contribution is -0.130. The zero-order valence-corrected chi connectivity index (χ0v) is 19.9. The summed E-state index contributed by atoms with van der Waals surface area (Å²) in [5.41, 5.74) is 5.27. The van der Waals surface area contributed by atoms with E-state index in [1.807, 2.05) is 93.6 Å². The number of carbonyl (C=O) groups excluding carboxylic acids is 1. The second kappa shape index (κ2) is 10.0. The van der Waals surface area contributed by atoms with Crippen molar-refractivity contribution in [1.29, 1.82) is 0 Å². The second-order valence-corrected chi connectivity index (χ2v) is 10.1. The molecule has 3 aromatic rings. The van der Waals surface area contributed by atoms with Crippen LogP contribution in [0.5, 0.6) is 0 Å². The van der Waals surface area contributed by atoms with Gasteiger partial charge in [0.25, 0.3) is 0 Å². The van der Waals surface area contributed by atoms with Crippen LogP contribution in [0, 0.1) is 20.8 Å². The van der Waals surface area contributed by atoms with Gasteiger partial charge < -0.3 is 4.90 Å². The fourth-order valence-corrected chi connectivity index (χ4v) is 4.96. The molecule has 0 fully saturated rings. The van der Waals surface area contributed by atoms with E-state index in [9.17, 15) is 13.2 Å². The van der Waals surface area contributed by atoms with Crippen molar-refractivity contribution in [2.24, 2.45) is 0 Å². The van der Waals surface area contributed by atoms with Crippen LogP contribution < -0.4 is 4.31 Å². The molecule has 32 heavy (non-hydrogen) atoms. The SMILES string of the molecule is Cc1cc(C)c(N(CC(=O)N(Cc2ccccc2)Cc2ccccc2)S(C)(=O)=O)c(C)c1. The first-order valence-electron chi connectivity index (χ1n) is 10.6. The van der Waals surface area contributed by atoms with Gasteiger partial charge in [0.05, 0.1) is 11.9 Å². The Hall–Kier alpha value is -3.12. The van der Waals surface area contributed by atoms with Crippen LogP contribution in [0.2, 0.25) is 0 Å². The smallest absolute Gasteiger partial charge is 0.243 e. The Morgan fingerprint density at radius 3 is 1.62 bits per heavy atom. The number of carbonyl (C=O) groups is 1. The largest absolute Gasteiger partial charge is 0.332 e. The molecular formula is C26H30N2O3S. The highest BCUT2D eigenvalue weighted by molar-refractivity contribution is 7.92. The van der Waals surface area contributed by atoms with Crippen molar-refractivity contribution in [2.45, 2.75) is 33.9 Å². The Morgan fingerprint density at radius 1 is 0.781 bits per heavy atom. The molecule has 5 nitrogen and oxygen atoms in total. The molecule has 0 radical (unpaired) electrons. The number of hydrogen-bond donors (Lipinski definition) is 0. The fraction of sp³-hybridized carbons (Fsp3) is 0.269. The number of anilines is 1. The number of aryl methyl sites for hydroxylation is 3. The highest BCUT2D eigenvalue weighted by Gasteiger charge is 2.27. The van der Waals surface area contributed by atoms with Crippen LogP contribution in [-0.2, 0) is 27.9 Å². The third-order valence-electron chi connectivity index (χ3n) is 5.35. The Labute approximate surface area is 191 Å². The van der Waals surface area contributed by atoms with Gasteiger partial charge in [0.2, 0.25) is 15.9 Å². The molecule has 3 aromatic carbocycles. The fourth-order valence-electron chi connectivity index (χ4n) is 3.99. The van der Waals surface area contributed by atoms with Gasteiger partial charge in [-0.25, -0.2) is 8.42 Å². The maximum atomic E-state index is 13.5. The molecule has 0 aliphatic rings. The molecule has 168 valence electrons. The van der Waals surface area contributed by atoms with Crippen LogP contribution in [0.1, 0.15) is 27.8 Å². The summed E-state index contributed by atoms with van der Waals surface area (Å²) in [5, 5.41) is 0. The molecule has 0 bridgehead atoms. The summed E-state index contributed by atoms with van der Waals surface area (Å²) >= 11 is 0. The third-order valence-corrected chi connectivity index (χ3v) is 6.46. The van der Waals surface area contributed by atoms with Gasteiger partial charge in [0.15, 0.2) is 0 Å². The number of hydrogen-bond acceptors (Lipinski definition) is 3. The number of benzene rings is 3. The van der Waals surface area contributed by atoms with Crippen LogP contribution in [0.25, 0.3) is 0 Å². The Bertz CT molecular complexity index is 1110. The molecule has 0 saturated heterocycles. The summed E-state index contributed by atoms with van der Waals surface area (Å²) in [6.07, 6.45) is 1.15. The van der Waals surface area contributed by atoms with E-state index >= 15 is 0 Å². The zero-order chi connectivity index (χ0) is 23.3. The monoisotopic (exact) mass is 450 g/mol. The first kappa shape index (κ1) is 23.5. The molecule has 0 spiro atoms. The van der Waals surface area contributed by atoms with Crippen molar-refractivity contribution in [3.63, 3.8) is 0 Å². The van der Waals surface area contributed by atoms with Crippen LogP contribution >= 0.6 is 0 Å². The maximum absolute atomic E-state index is 13.5. The quantitative estimate of drug-likeness (QED) is 0.504. The van der Waals surface area contributed by atoms with E-state index in [0.29, 0.717) is 18.8 Å². The van der Waals surface area contributed by atoms with Gasteiger partial charge in [-0.15, -0.1) is 0 Å². The number of sulfonamides is 1. The number of amides is 1. The normalized spacial score (nSPS) is 11.2. The Morgan fingerprint density at radius 2 is 1.22 bits per heavy atom. The highest BCUT2D eigenvalue weighted by Crippen LogP contribution is 2.28. The average molecular weight is 451 g/mol. The summed E-state index contributed by atoms with van der Waals surface area (Å²) < 4.78 is 26.7. The summed E-state index contributed by atoms with van der Waals surface area (Å²) in [6.45, 7) is 6.29. The predicted molar refractivity (Wildman–Crippen MR) is 130 cm³/mol. The van der Waals surface area contributed by atoms with Crippen molar-refractivity contribution < 1.29 is 13.2 Å². The van der Waals surface area contributed by atoms with E-state index in [1.54, 1.807) is 4.90 Å². The van der Waals surface area contributed by atoms with Crippen LogP contribution in [0.3, 0.4) is 0 Å². The molecule has 0 saturated carbocycles. The maximum Gasteiger partial charge on any atom is 0.243 e. The van der Waals surface area contributed by atoms with Crippen LogP contribution in [0.4, 0.5) is 5.69 Å². The van der Waals surface area contributed by atoms with Gasteiger partial charge in [-0.2, -0.15) is 0 Å². The Kier molecular flexibility index (Phi) is 7.36. The molecule has 1 amide bonds. The van der Waals surface area contributed by atoms with Gasteiger partial charge in [-0.05, 0) is 43.0 Å². The standard InChI is InChI=1S/C26H30N2O3S/c1-20-15-21(2)26(22(3)16-20)28(32(4,30)31)19-25(29)27(17-23-11-7-5-8-12-23)18-24-13-9-6-10-14-24/h5-16H,17-19H2,1-4H3. The average Bonchev–Trinajstić information content (AvgIpc) is 2.72. The van der Waals surface area contributed by atoms with E-state index in [4.69, 9.17) is 0 Å². The summed E-state index contributed by atoms with van der Waals surface area (Å²) in [6, 6.07) is 23.3. The van der Waals surface area contributed by atoms with Crippen LogP contribution in [0.15, 0.2) is 72.8 Å². The van der Waals surface area contributed by atoms with Crippen molar-refractivity contribution >= 4 is 21.6 Å². The topological polar surface area (TPSA) is 57.7 Å². The Balaban J connectivity index is 1.94. The van der Waals surface area contributed by atoms with Crippen molar-refractivity contribution in [3.8, 4) is 0 Å². The van der Waals surface area contributed by atoms with Crippen molar-refractivity contribution in [3.05, 3.63) is 101 Å². The minimum atomic E-state index is -3.66. The molecule has 0 heterocycles. The highest BCUT2D eigenvalue weighted by atomic mass is 32.2. The van der Waals surface area contributed by atoms with Gasteiger partial charge in [-0.1, -0.05) is 78.4 Å². The van der Waals surface area contributed by atoms with E-state index < -0.39 is 10.0 Å². The van der Waals surface area contributed by atoms with Gasteiger partial charge in [0.1, 0.15) is 6.54 Å². The first-order valence-corrected chi connectivity index (χ1v) is 12.4. The molecule has 6 heteroatoms. The minimum absolute atomic E-state index is 0.247. The molecule has 3 rings (SSSR count). The summed E-state index contributed by atoms with van der Waals surface area (Å²) in [4.78, 5) is 15.2. The van der Waals surface area contributed by atoms with Gasteiger partial charge in [0, 0.05) is 13.1 Å². The van der Waals surface area contributed by atoms with Gasteiger partial charge in [-0.3, -0.25) is 9.10 Å². The molecule has 0 aliphatic heterocycles. The molecule has 0 N–H and O–H groups in total. The molecule has 0 unspecified atom stereocenters. The van der Waals surface area contributed by atoms with E-state index in [1.165, 1.54) is 4.31 Å². The summed E-state index contributed by atoms with van der Waals surface area (Å²) in [5.74, 6) is -0.248. The van der Waals surface area contributed by atoms with Crippen molar-refractivity contribution in [2.75, 3.05) is 17.1 Å². The van der Waals surface area contributed by atoms with Crippen LogP contribution in [-0.4, -0.2) is 32.0 Å². The van der Waals surface area contributed by atoms with E-state index in [2.05, 4.69) is 0 Å². The number of rotatable bonds is 8. The first-order chi connectivity index (χ1) is 15.1. The minimum Gasteiger partial charge on any atom is -0.332 e. The lowest BCUT2D eigenvalue weighted by atomic mass is 10.1. The zero-order valence-electron chi connectivity index (χ0n) is 19.1. The molecule has 0 aliphatic carbocycles. The van der Waals surface area contributed by atoms with E-state index in [0.717, 1.165) is 34.1 Å². The lowest BCUT2D eigenvalue weighted by Gasteiger charge is -2.30. The van der Waals surface area contributed by atoms with Gasteiger partial charge >= 0.3 is 0 Å². The number of nitrogens with zero attached hydrogens (tertiary/aromatic N) is 2. The predicted octanol–water partition coefficient (Wildman–Crippen LogP) is 4.61. The second-order valence-electron chi connectivity index (χ2n) is 8.24. The van der Waals surface area contributed by atoms with E-state index in [-0.39, 0.29) is 12.5 Å². The van der Waals surface area contributed by atoms with Crippen molar-refractivity contribution in [1.82, 2.24) is 4.90 Å². The molecular weight excluding hydrogens is 420 g/mol. The third kappa shape index (κ3) is 5.98.